The van der Waals surface area contributed by atoms with Crippen LogP contribution >= 0.6 is 0 Å². The number of hydrogen-bond acceptors (Lipinski definition) is 10. The lowest BCUT2D eigenvalue weighted by molar-refractivity contribution is -0.260. The molecule has 246 valence electrons. The summed E-state index contributed by atoms with van der Waals surface area (Å²) in [6.07, 6.45) is -1.65. The van der Waals surface area contributed by atoms with Crippen molar-refractivity contribution < 1.29 is 42.9 Å². The van der Waals surface area contributed by atoms with Gasteiger partial charge in [-0.15, -0.1) is 0 Å². The zero-order chi connectivity index (χ0) is 32.4. The quantitative estimate of drug-likeness (QED) is 0.347. The number of carbonyl (C=O) groups excluding carboxylic acids is 4. The van der Waals surface area contributed by atoms with Gasteiger partial charge in [-0.3, -0.25) is 9.59 Å². The van der Waals surface area contributed by atoms with Gasteiger partial charge in [0.15, 0.2) is 11.9 Å². The Morgan fingerprint density at radius 3 is 2.28 bits per heavy atom. The van der Waals surface area contributed by atoms with Crippen molar-refractivity contribution >= 4 is 23.9 Å². The first-order chi connectivity index (χ1) is 19.9. The summed E-state index contributed by atoms with van der Waals surface area (Å²) >= 11 is 0. The minimum Gasteiger partial charge on any atom is -0.458 e. The Bertz CT molecular complexity index is 1040. The maximum Gasteiger partial charge on any atom is 0.408 e. The lowest BCUT2D eigenvalue weighted by atomic mass is 9.74. The minimum absolute atomic E-state index is 0.0670. The van der Waals surface area contributed by atoms with E-state index in [0.29, 0.717) is 19.3 Å². The largest absolute Gasteiger partial charge is 0.458 e. The van der Waals surface area contributed by atoms with E-state index in [9.17, 15) is 19.2 Å². The number of amides is 2. The molecule has 3 heterocycles. The number of Topliss-reactive ketones (excluding diaryl/α,β-unsaturated/α-hetero) is 1. The molecule has 43 heavy (non-hydrogen) atoms. The van der Waals surface area contributed by atoms with Gasteiger partial charge in [0.05, 0.1) is 18.1 Å². The van der Waals surface area contributed by atoms with Gasteiger partial charge in [-0.25, -0.2) is 9.59 Å². The molecule has 1 unspecified atom stereocenters. The standard InChI is InChI=1S/C31H53N3O9/c1-11-22-31(8)25(33-29(38)43-31)20(6)24(35)18(4)15-30(7,42-28(32)37)26(16(2)12-17(3)27(36)40-22)41-23-14-21(34(9)10)13-19(5)39-23/h16-23,25-26H,11-15H2,1-10H3,(H2,32,37)(H,33,38)/t16-,17+,18+,19+,20-,21-,22+,23-,25+,26?,30+,31+/m0/s1. The van der Waals surface area contributed by atoms with Crippen LogP contribution in [-0.4, -0.2) is 90.8 Å². The van der Waals surface area contributed by atoms with E-state index >= 15 is 0 Å². The van der Waals surface area contributed by atoms with Gasteiger partial charge in [0, 0.05) is 24.3 Å². The highest BCUT2D eigenvalue weighted by molar-refractivity contribution is 5.85. The highest BCUT2D eigenvalue weighted by Crippen LogP contribution is 2.40. The summed E-state index contributed by atoms with van der Waals surface area (Å²) in [4.78, 5) is 54.4. The molecule has 0 aromatic carbocycles. The number of nitrogens with zero attached hydrogens (tertiary/aromatic N) is 1. The van der Waals surface area contributed by atoms with Crippen LogP contribution in [0.4, 0.5) is 9.59 Å². The summed E-state index contributed by atoms with van der Waals surface area (Å²) in [5.74, 6) is -2.88. The Labute approximate surface area is 256 Å². The molecule has 0 aromatic rings. The van der Waals surface area contributed by atoms with E-state index in [1.807, 2.05) is 34.9 Å². The van der Waals surface area contributed by atoms with Crippen molar-refractivity contribution in [2.24, 2.45) is 29.4 Å². The van der Waals surface area contributed by atoms with Crippen LogP contribution in [0.3, 0.4) is 0 Å². The van der Waals surface area contributed by atoms with Crippen molar-refractivity contribution in [3.63, 3.8) is 0 Å². The van der Waals surface area contributed by atoms with E-state index in [1.165, 1.54) is 0 Å². The summed E-state index contributed by atoms with van der Waals surface area (Å²) in [7, 11) is 4.02. The van der Waals surface area contributed by atoms with Gasteiger partial charge in [0.2, 0.25) is 0 Å². The first-order valence-electron chi connectivity index (χ1n) is 15.6. The van der Waals surface area contributed by atoms with Crippen LogP contribution in [0.25, 0.3) is 0 Å². The number of primary amides is 1. The first-order valence-corrected chi connectivity index (χ1v) is 15.6. The molecule has 0 aromatic heterocycles. The Hall–Kier alpha value is -2.44. The molecule has 12 heteroatoms. The molecular formula is C31H53N3O9. The molecule has 0 bridgehead atoms. The normalized spacial score (nSPS) is 43.2. The van der Waals surface area contributed by atoms with Gasteiger partial charge in [-0.05, 0) is 66.5 Å². The second-order valence-corrected chi connectivity index (χ2v) is 13.7. The maximum atomic E-state index is 14.0. The Morgan fingerprint density at radius 1 is 1.05 bits per heavy atom. The molecule has 3 rings (SSSR count). The molecule has 3 fully saturated rings. The van der Waals surface area contributed by atoms with Gasteiger partial charge < -0.3 is 39.6 Å². The summed E-state index contributed by atoms with van der Waals surface area (Å²) in [6, 6.07) is -0.536. The van der Waals surface area contributed by atoms with E-state index in [2.05, 4.69) is 10.2 Å². The van der Waals surface area contributed by atoms with Crippen LogP contribution in [0.2, 0.25) is 0 Å². The molecular weight excluding hydrogens is 558 g/mol. The second-order valence-electron chi connectivity index (χ2n) is 13.7. The first kappa shape index (κ1) is 35.0. The predicted octanol–water partition coefficient (Wildman–Crippen LogP) is 3.78. The molecule has 0 spiro atoms. The average Bonchev–Trinajstić information content (AvgIpc) is 3.22. The maximum absolute atomic E-state index is 14.0. The Balaban J connectivity index is 2.06. The smallest absolute Gasteiger partial charge is 0.408 e. The van der Waals surface area contributed by atoms with Crippen molar-refractivity contribution in [2.45, 2.75) is 135 Å². The molecule has 3 aliphatic heterocycles. The van der Waals surface area contributed by atoms with Crippen LogP contribution < -0.4 is 11.1 Å². The molecule has 12 nitrogen and oxygen atoms in total. The van der Waals surface area contributed by atoms with Crippen LogP contribution in [0.5, 0.6) is 0 Å². The molecule has 12 atom stereocenters. The lowest BCUT2D eigenvalue weighted by Crippen LogP contribution is -2.58. The number of ketones is 1. The van der Waals surface area contributed by atoms with E-state index in [-0.39, 0.29) is 30.3 Å². The van der Waals surface area contributed by atoms with Gasteiger partial charge in [0.1, 0.15) is 23.6 Å². The average molecular weight is 612 g/mol. The van der Waals surface area contributed by atoms with E-state index in [1.54, 1.807) is 34.6 Å². The SMILES string of the molecule is CC[C@H]1OC(=O)[C@H](C)C[C@H](C)C(O[C@H]2C[C@@H](N(C)C)C[C@@H](C)O2)[C@](C)(OC(N)=O)C[C@@H](C)C(=O)[C@H](C)[C@H]2NC(=O)O[C@@]21C. The van der Waals surface area contributed by atoms with Crippen LogP contribution in [-0.2, 0) is 33.3 Å². The number of alkyl carbamates (subject to hydrolysis) is 1. The number of nitrogens with one attached hydrogen (secondary N) is 1. The highest BCUT2D eigenvalue weighted by Gasteiger charge is 2.56. The molecule has 3 aliphatic rings. The molecule has 0 radical (unpaired) electrons. The Kier molecular flexibility index (Phi) is 11.2. The number of rotatable bonds is 5. The summed E-state index contributed by atoms with van der Waals surface area (Å²) in [6.45, 7) is 14.4. The number of nitrogens with two attached hydrogens (primary N) is 1. The highest BCUT2D eigenvalue weighted by atomic mass is 16.7. The van der Waals surface area contributed by atoms with Gasteiger partial charge in [-0.1, -0.05) is 34.6 Å². The van der Waals surface area contributed by atoms with E-state index < -0.39 is 71.7 Å². The van der Waals surface area contributed by atoms with Crippen molar-refractivity contribution in [3.8, 4) is 0 Å². The minimum atomic E-state index is -1.35. The third-order valence-electron chi connectivity index (χ3n) is 9.68. The summed E-state index contributed by atoms with van der Waals surface area (Å²) in [5, 5.41) is 2.78. The fraction of sp³-hybridized carbons (Fsp3) is 0.871. The summed E-state index contributed by atoms with van der Waals surface area (Å²) in [5.41, 5.74) is 2.99. The molecule has 3 N–H and O–H groups in total. The molecule has 3 saturated heterocycles. The third-order valence-corrected chi connectivity index (χ3v) is 9.68. The van der Waals surface area contributed by atoms with Crippen LogP contribution in [0.15, 0.2) is 0 Å². The van der Waals surface area contributed by atoms with Gasteiger partial charge >= 0.3 is 18.2 Å². The van der Waals surface area contributed by atoms with Crippen molar-refractivity contribution in [2.75, 3.05) is 14.1 Å². The van der Waals surface area contributed by atoms with Gasteiger partial charge in [0.25, 0.3) is 0 Å². The molecule has 0 aliphatic carbocycles. The third kappa shape index (κ3) is 7.81. The second kappa shape index (κ2) is 13.7. The lowest BCUT2D eigenvalue weighted by Gasteiger charge is -2.45. The Morgan fingerprint density at radius 2 is 1.70 bits per heavy atom. The van der Waals surface area contributed by atoms with Gasteiger partial charge in [-0.2, -0.15) is 0 Å². The van der Waals surface area contributed by atoms with Crippen molar-refractivity contribution in [1.82, 2.24) is 10.2 Å². The predicted molar refractivity (Wildman–Crippen MR) is 158 cm³/mol. The van der Waals surface area contributed by atoms with E-state index in [4.69, 9.17) is 29.4 Å². The van der Waals surface area contributed by atoms with Crippen molar-refractivity contribution in [1.29, 1.82) is 0 Å². The monoisotopic (exact) mass is 611 g/mol. The molecule has 2 amide bonds. The van der Waals surface area contributed by atoms with Crippen LogP contribution in [0, 0.1) is 23.7 Å². The molecule has 0 saturated carbocycles. The number of carbonyl (C=O) groups is 4. The van der Waals surface area contributed by atoms with Crippen molar-refractivity contribution in [3.05, 3.63) is 0 Å². The number of esters is 1. The number of fused-ring (bicyclic) bond motifs is 1. The van der Waals surface area contributed by atoms with E-state index in [0.717, 1.165) is 6.42 Å². The zero-order valence-electron chi connectivity index (χ0n) is 27.5. The number of hydrogen-bond donors (Lipinski definition) is 2. The number of ether oxygens (including phenoxy) is 5. The fourth-order valence-corrected chi connectivity index (χ4v) is 7.48. The number of cyclic esters (lactones) is 1. The van der Waals surface area contributed by atoms with Crippen LogP contribution in [0.1, 0.15) is 87.5 Å². The summed E-state index contributed by atoms with van der Waals surface area (Å²) < 4.78 is 30.4. The fourth-order valence-electron chi connectivity index (χ4n) is 7.48. The zero-order valence-corrected chi connectivity index (χ0v) is 27.5. The topological polar surface area (TPSA) is 156 Å².